The predicted octanol–water partition coefficient (Wildman–Crippen LogP) is 2.07. The largest absolute Gasteiger partial charge is 0.337 e. The maximum atomic E-state index is 12.7. The third kappa shape index (κ3) is 6.04. The second kappa shape index (κ2) is 7.89. The molecule has 6 nitrogen and oxygen atoms in total. The third-order valence-corrected chi connectivity index (χ3v) is 5.02. The fourth-order valence-corrected chi connectivity index (χ4v) is 3.34. The van der Waals surface area contributed by atoms with E-state index in [2.05, 4.69) is 15.4 Å². The Kier molecular flexibility index (Phi) is 6.11. The van der Waals surface area contributed by atoms with Crippen molar-refractivity contribution < 1.29 is 22.0 Å². The molecule has 1 aromatic rings. The molecule has 2 rings (SSSR count). The van der Waals surface area contributed by atoms with Crippen molar-refractivity contribution in [2.45, 2.75) is 38.3 Å². The molecule has 1 saturated carbocycles. The highest BCUT2D eigenvalue weighted by Gasteiger charge is 2.26. The molecule has 9 heteroatoms. The molecule has 1 aromatic carbocycles. The van der Waals surface area contributed by atoms with Gasteiger partial charge in [0.05, 0.1) is 11.8 Å². The van der Waals surface area contributed by atoms with Gasteiger partial charge in [0.1, 0.15) is 0 Å². The summed E-state index contributed by atoms with van der Waals surface area (Å²) in [7, 11) is -3.39. The van der Waals surface area contributed by atoms with Crippen LogP contribution in [0.3, 0.4) is 0 Å². The second-order valence-electron chi connectivity index (χ2n) is 5.80. The van der Waals surface area contributed by atoms with Crippen LogP contribution < -0.4 is 15.4 Å². The van der Waals surface area contributed by atoms with E-state index in [0.29, 0.717) is 5.56 Å². The van der Waals surface area contributed by atoms with Crippen molar-refractivity contribution >= 4 is 16.1 Å². The van der Waals surface area contributed by atoms with Gasteiger partial charge in [-0.05, 0) is 31.4 Å². The molecule has 3 N–H and O–H groups in total. The number of sulfonamides is 1. The van der Waals surface area contributed by atoms with Gasteiger partial charge in [-0.2, -0.15) is 0 Å². The molecule has 2 amide bonds. The molecule has 1 unspecified atom stereocenters. The monoisotopic (exact) mass is 361 g/mol. The van der Waals surface area contributed by atoms with Crippen LogP contribution >= 0.6 is 0 Å². The lowest BCUT2D eigenvalue weighted by atomic mass is 10.1. The van der Waals surface area contributed by atoms with Crippen molar-refractivity contribution in [3.05, 3.63) is 35.4 Å². The number of halogens is 2. The van der Waals surface area contributed by atoms with Crippen molar-refractivity contribution in [2.24, 2.45) is 0 Å². The smallest absolute Gasteiger partial charge is 0.315 e. The molecule has 1 aliphatic rings. The topological polar surface area (TPSA) is 87.3 Å². The first-order valence-electron chi connectivity index (χ1n) is 7.69. The van der Waals surface area contributed by atoms with Crippen LogP contribution in [0.25, 0.3) is 0 Å². The quantitative estimate of drug-likeness (QED) is 0.662. The molecule has 0 saturated heterocycles. The molecule has 134 valence electrons. The van der Waals surface area contributed by atoms with Crippen LogP contribution in [-0.4, -0.2) is 32.8 Å². The Labute approximate surface area is 140 Å². The molecule has 1 atom stereocenters. The van der Waals surface area contributed by atoms with E-state index in [1.54, 1.807) is 13.0 Å². The van der Waals surface area contributed by atoms with Crippen LogP contribution in [0, 0.1) is 0 Å². The van der Waals surface area contributed by atoms with Gasteiger partial charge in [0, 0.05) is 18.2 Å². The Morgan fingerprint density at radius 1 is 1.29 bits per heavy atom. The number of rotatable bonds is 8. The molecule has 0 bridgehead atoms. The van der Waals surface area contributed by atoms with E-state index >= 15 is 0 Å². The van der Waals surface area contributed by atoms with Crippen molar-refractivity contribution in [3.63, 3.8) is 0 Å². The lowest BCUT2D eigenvalue weighted by molar-refractivity contribution is 0.151. The highest BCUT2D eigenvalue weighted by Crippen LogP contribution is 2.22. The molecule has 0 aromatic heterocycles. The molecule has 0 radical (unpaired) electrons. The van der Waals surface area contributed by atoms with E-state index < -0.39 is 28.5 Å². The molecule has 1 aliphatic carbocycles. The summed E-state index contributed by atoms with van der Waals surface area (Å²) < 4.78 is 51.2. The molecule has 0 spiro atoms. The Balaban J connectivity index is 1.78. The Hall–Kier alpha value is -1.74. The van der Waals surface area contributed by atoms with Crippen molar-refractivity contribution in [2.75, 3.05) is 12.3 Å². The maximum Gasteiger partial charge on any atom is 0.315 e. The Morgan fingerprint density at radius 2 is 1.96 bits per heavy atom. The number of carbonyl (C=O) groups is 1. The standard InChI is InChI=1S/C15H21F2N3O3S/c1-10(11-3-2-4-12(9-11)14(16)17)19-15(21)18-7-8-24(22,23)20-13-5-6-13/h2-4,9-10,13-14,20H,5-8H2,1H3,(H2,18,19,21). The van der Waals surface area contributed by atoms with Gasteiger partial charge in [0.2, 0.25) is 10.0 Å². The second-order valence-corrected chi connectivity index (χ2v) is 7.68. The highest BCUT2D eigenvalue weighted by molar-refractivity contribution is 7.89. The number of amides is 2. The SMILES string of the molecule is CC(NC(=O)NCCS(=O)(=O)NC1CC1)c1cccc(C(F)F)c1. The fourth-order valence-electron chi connectivity index (χ4n) is 2.11. The van der Waals surface area contributed by atoms with E-state index in [9.17, 15) is 22.0 Å². The van der Waals surface area contributed by atoms with Crippen LogP contribution in [0.5, 0.6) is 0 Å². The first-order chi connectivity index (χ1) is 11.3. The van der Waals surface area contributed by atoms with Gasteiger partial charge in [-0.1, -0.05) is 18.2 Å². The number of carbonyl (C=O) groups excluding carboxylic acids is 1. The summed E-state index contributed by atoms with van der Waals surface area (Å²) in [5.41, 5.74) is 0.435. The minimum atomic E-state index is -3.39. The van der Waals surface area contributed by atoms with E-state index in [1.807, 2.05) is 0 Å². The van der Waals surface area contributed by atoms with E-state index in [-0.39, 0.29) is 23.9 Å². The van der Waals surface area contributed by atoms with Crippen molar-refractivity contribution in [1.29, 1.82) is 0 Å². The van der Waals surface area contributed by atoms with Crippen LogP contribution in [0.2, 0.25) is 0 Å². The third-order valence-electron chi connectivity index (χ3n) is 3.59. The molecule has 0 aliphatic heterocycles. The van der Waals surface area contributed by atoms with Crippen LogP contribution in [0.1, 0.15) is 43.4 Å². The zero-order chi connectivity index (χ0) is 17.7. The lowest BCUT2D eigenvalue weighted by Gasteiger charge is -2.16. The van der Waals surface area contributed by atoms with Gasteiger partial charge in [-0.15, -0.1) is 0 Å². The molecule has 0 heterocycles. The Bertz CT molecular complexity index is 678. The molecule has 24 heavy (non-hydrogen) atoms. The summed E-state index contributed by atoms with van der Waals surface area (Å²) in [5, 5.41) is 5.04. The zero-order valence-corrected chi connectivity index (χ0v) is 14.1. The summed E-state index contributed by atoms with van der Waals surface area (Å²) in [6.07, 6.45) is -0.875. The highest BCUT2D eigenvalue weighted by atomic mass is 32.2. The lowest BCUT2D eigenvalue weighted by Crippen LogP contribution is -2.41. The summed E-state index contributed by atoms with van der Waals surface area (Å²) in [6, 6.07) is 4.80. The average Bonchev–Trinajstić information content (AvgIpc) is 3.30. The van der Waals surface area contributed by atoms with Gasteiger partial charge >= 0.3 is 6.03 Å². The summed E-state index contributed by atoms with van der Waals surface area (Å²) in [5.74, 6) is -0.202. The van der Waals surface area contributed by atoms with E-state index in [4.69, 9.17) is 0 Å². The van der Waals surface area contributed by atoms with E-state index in [1.165, 1.54) is 18.2 Å². The van der Waals surface area contributed by atoms with Crippen molar-refractivity contribution in [3.8, 4) is 0 Å². The minimum Gasteiger partial charge on any atom is -0.337 e. The number of hydrogen-bond donors (Lipinski definition) is 3. The first kappa shape index (κ1) is 18.6. The number of urea groups is 1. The van der Waals surface area contributed by atoms with E-state index in [0.717, 1.165) is 12.8 Å². The number of benzene rings is 1. The van der Waals surface area contributed by atoms with Gasteiger partial charge in [-0.3, -0.25) is 0 Å². The number of alkyl halides is 2. The summed E-state index contributed by atoms with van der Waals surface area (Å²) >= 11 is 0. The number of hydrogen-bond acceptors (Lipinski definition) is 3. The predicted molar refractivity (Wildman–Crippen MR) is 86.3 cm³/mol. The zero-order valence-electron chi connectivity index (χ0n) is 13.3. The maximum absolute atomic E-state index is 12.7. The van der Waals surface area contributed by atoms with Crippen LogP contribution in [-0.2, 0) is 10.0 Å². The molecular formula is C15H21F2N3O3S. The van der Waals surface area contributed by atoms with Gasteiger partial charge in [0.25, 0.3) is 6.43 Å². The molecule has 1 fully saturated rings. The van der Waals surface area contributed by atoms with Crippen LogP contribution in [0.4, 0.5) is 13.6 Å². The van der Waals surface area contributed by atoms with Gasteiger partial charge < -0.3 is 10.6 Å². The van der Waals surface area contributed by atoms with Crippen molar-refractivity contribution in [1.82, 2.24) is 15.4 Å². The van der Waals surface area contributed by atoms with Crippen LogP contribution in [0.15, 0.2) is 24.3 Å². The summed E-state index contributed by atoms with van der Waals surface area (Å²) in [4.78, 5) is 11.8. The summed E-state index contributed by atoms with van der Waals surface area (Å²) in [6.45, 7) is 1.63. The fraction of sp³-hybridized carbons (Fsp3) is 0.533. The average molecular weight is 361 g/mol. The normalized spacial score (nSPS) is 16.0. The van der Waals surface area contributed by atoms with Gasteiger partial charge in [0.15, 0.2) is 0 Å². The molecular weight excluding hydrogens is 340 g/mol. The number of nitrogens with one attached hydrogen (secondary N) is 3. The minimum absolute atomic E-state index is 0.0301. The first-order valence-corrected chi connectivity index (χ1v) is 9.34. The Morgan fingerprint density at radius 3 is 2.58 bits per heavy atom. The van der Waals surface area contributed by atoms with Gasteiger partial charge in [-0.25, -0.2) is 26.7 Å².